The van der Waals surface area contributed by atoms with Gasteiger partial charge in [-0.25, -0.2) is 13.8 Å². The van der Waals surface area contributed by atoms with Gasteiger partial charge in [-0.05, 0) is 0 Å². The van der Waals surface area contributed by atoms with Crippen LogP contribution >= 0.6 is 11.6 Å². The molecule has 0 radical (unpaired) electrons. The van der Waals surface area contributed by atoms with Crippen molar-refractivity contribution in [1.82, 2.24) is 9.97 Å². The van der Waals surface area contributed by atoms with E-state index in [2.05, 4.69) is 9.97 Å². The molecule has 1 heterocycles. The molecule has 6 heteroatoms. The van der Waals surface area contributed by atoms with Gasteiger partial charge in [0.1, 0.15) is 5.15 Å². The summed E-state index contributed by atoms with van der Waals surface area (Å²) in [5.74, 6) is 0. The molecule has 3 nitrogen and oxygen atoms in total. The molecule has 0 saturated carbocycles. The Hall–Kier alpha value is -0.810. The molecule has 0 spiro atoms. The second-order valence-electron chi connectivity index (χ2n) is 2.54. The summed E-state index contributed by atoms with van der Waals surface area (Å²) in [5, 5.41) is 0.180. The number of aromatic nitrogens is 2. The molecule has 1 atom stereocenters. The highest BCUT2D eigenvalue weighted by Crippen LogP contribution is 2.07. The summed E-state index contributed by atoms with van der Waals surface area (Å²) >= 11 is 5.51. The van der Waals surface area contributed by atoms with Crippen molar-refractivity contribution in [2.45, 2.75) is 18.9 Å². The van der Waals surface area contributed by atoms with Gasteiger partial charge >= 0.3 is 0 Å². The maximum absolute atomic E-state index is 12.0. The van der Waals surface area contributed by atoms with Crippen molar-refractivity contribution in [1.29, 1.82) is 0 Å². The van der Waals surface area contributed by atoms with E-state index in [9.17, 15) is 8.78 Å². The molecule has 1 aromatic heterocycles. The highest BCUT2D eigenvalue weighted by atomic mass is 35.5. The van der Waals surface area contributed by atoms with Crippen molar-refractivity contribution < 1.29 is 8.78 Å². The lowest BCUT2D eigenvalue weighted by Gasteiger charge is -2.08. The van der Waals surface area contributed by atoms with Crippen LogP contribution in [0.4, 0.5) is 8.78 Å². The van der Waals surface area contributed by atoms with Crippen LogP contribution in [0.1, 0.15) is 5.69 Å². The topological polar surface area (TPSA) is 51.8 Å². The maximum atomic E-state index is 12.0. The molecule has 0 amide bonds. The van der Waals surface area contributed by atoms with E-state index in [1.165, 1.54) is 12.4 Å². The molecule has 0 fully saturated rings. The predicted molar refractivity (Wildman–Crippen MR) is 44.7 cm³/mol. The molecule has 13 heavy (non-hydrogen) atoms. The van der Waals surface area contributed by atoms with Gasteiger partial charge in [-0.3, -0.25) is 4.98 Å². The molecule has 0 aliphatic heterocycles. The molecule has 0 aliphatic carbocycles. The van der Waals surface area contributed by atoms with Gasteiger partial charge in [0.15, 0.2) is 0 Å². The first kappa shape index (κ1) is 10.3. The van der Waals surface area contributed by atoms with Crippen molar-refractivity contribution in [3.63, 3.8) is 0 Å². The third-order valence-electron chi connectivity index (χ3n) is 1.42. The Kier molecular flexibility index (Phi) is 3.50. The molecule has 1 rings (SSSR count). The number of alkyl halides is 2. The largest absolute Gasteiger partial charge is 0.323 e. The van der Waals surface area contributed by atoms with E-state index >= 15 is 0 Å². The van der Waals surface area contributed by atoms with Crippen LogP contribution in [-0.2, 0) is 6.42 Å². The summed E-state index contributed by atoms with van der Waals surface area (Å²) in [6.07, 6.45) is 0.124. The van der Waals surface area contributed by atoms with Gasteiger partial charge in [0.05, 0.1) is 17.9 Å². The van der Waals surface area contributed by atoms with E-state index in [0.717, 1.165) is 0 Å². The number of nitrogens with zero attached hydrogens (tertiary/aromatic N) is 2. The average Bonchev–Trinajstić information content (AvgIpc) is 2.04. The number of halogens is 3. The fourth-order valence-corrected chi connectivity index (χ4v) is 0.974. The minimum atomic E-state index is -2.55. The molecule has 0 aliphatic rings. The van der Waals surface area contributed by atoms with Crippen molar-refractivity contribution >= 4 is 11.6 Å². The molecule has 72 valence electrons. The Bertz CT molecular complexity index is 282. The van der Waals surface area contributed by atoms with Crippen LogP contribution in [0, 0.1) is 0 Å². The van der Waals surface area contributed by atoms with Crippen molar-refractivity contribution in [3.8, 4) is 0 Å². The summed E-state index contributed by atoms with van der Waals surface area (Å²) in [6, 6.07) is -1.22. The van der Waals surface area contributed by atoms with Gasteiger partial charge in [-0.1, -0.05) is 11.6 Å². The molecular formula is C7H8ClF2N3. The van der Waals surface area contributed by atoms with E-state index < -0.39 is 12.5 Å². The standard InChI is InChI=1S/C7H8ClF2N3/c8-6-3-12-2-4(13-6)1-5(11)7(9)10/h2-3,5,7H,1,11H2. The second kappa shape index (κ2) is 4.43. The quantitative estimate of drug-likeness (QED) is 0.812. The molecular weight excluding hydrogens is 200 g/mol. The lowest BCUT2D eigenvalue weighted by molar-refractivity contribution is 0.115. The van der Waals surface area contributed by atoms with E-state index in [1.54, 1.807) is 0 Å². The number of nitrogens with two attached hydrogens (primary N) is 1. The number of hydrogen-bond acceptors (Lipinski definition) is 3. The van der Waals surface area contributed by atoms with Gasteiger partial charge in [-0.2, -0.15) is 0 Å². The SMILES string of the molecule is NC(Cc1cncc(Cl)n1)C(F)F. The monoisotopic (exact) mass is 207 g/mol. The van der Waals surface area contributed by atoms with Crippen LogP contribution in [0.2, 0.25) is 5.15 Å². The zero-order valence-corrected chi connectivity index (χ0v) is 7.38. The first-order valence-electron chi connectivity index (χ1n) is 3.59. The van der Waals surface area contributed by atoms with Crippen molar-refractivity contribution in [3.05, 3.63) is 23.2 Å². The minimum Gasteiger partial charge on any atom is -0.323 e. The van der Waals surface area contributed by atoms with Crippen LogP contribution in [0.5, 0.6) is 0 Å². The van der Waals surface area contributed by atoms with E-state index in [1.807, 2.05) is 0 Å². The van der Waals surface area contributed by atoms with Gasteiger partial charge in [0.25, 0.3) is 6.43 Å². The smallest absolute Gasteiger partial charge is 0.253 e. The average molecular weight is 208 g/mol. The predicted octanol–water partition coefficient (Wildman–Crippen LogP) is 1.26. The third kappa shape index (κ3) is 3.20. The Labute approximate surface area is 78.9 Å². The zero-order valence-electron chi connectivity index (χ0n) is 6.62. The molecule has 1 aromatic rings. The van der Waals surface area contributed by atoms with Crippen molar-refractivity contribution in [2.24, 2.45) is 5.73 Å². The highest BCUT2D eigenvalue weighted by molar-refractivity contribution is 6.29. The fraction of sp³-hybridized carbons (Fsp3) is 0.429. The van der Waals surface area contributed by atoms with Gasteiger partial charge < -0.3 is 5.73 Å². The lowest BCUT2D eigenvalue weighted by atomic mass is 10.2. The normalized spacial score (nSPS) is 13.3. The lowest BCUT2D eigenvalue weighted by Crippen LogP contribution is -2.31. The van der Waals surface area contributed by atoms with Crippen LogP contribution in [-0.4, -0.2) is 22.4 Å². The van der Waals surface area contributed by atoms with Gasteiger partial charge in [0, 0.05) is 12.6 Å². The van der Waals surface area contributed by atoms with Crippen LogP contribution in [0.3, 0.4) is 0 Å². The minimum absolute atomic E-state index is 0.0226. The molecule has 2 N–H and O–H groups in total. The van der Waals surface area contributed by atoms with E-state index in [-0.39, 0.29) is 11.6 Å². The molecule has 0 saturated heterocycles. The summed E-state index contributed by atoms with van der Waals surface area (Å²) < 4.78 is 24.0. The zero-order chi connectivity index (χ0) is 9.84. The fourth-order valence-electron chi connectivity index (χ4n) is 0.809. The summed E-state index contributed by atoms with van der Waals surface area (Å²) in [7, 11) is 0. The summed E-state index contributed by atoms with van der Waals surface area (Å²) in [5.41, 5.74) is 5.51. The first-order chi connectivity index (χ1) is 6.09. The third-order valence-corrected chi connectivity index (χ3v) is 1.61. The van der Waals surface area contributed by atoms with Crippen molar-refractivity contribution in [2.75, 3.05) is 0 Å². The highest BCUT2D eigenvalue weighted by Gasteiger charge is 2.16. The molecule has 1 unspecified atom stereocenters. The Balaban J connectivity index is 2.64. The van der Waals surface area contributed by atoms with Gasteiger partial charge in [-0.15, -0.1) is 0 Å². The van der Waals surface area contributed by atoms with Crippen LogP contribution in [0.15, 0.2) is 12.4 Å². The number of rotatable bonds is 3. The molecule has 0 aromatic carbocycles. The number of hydrogen-bond donors (Lipinski definition) is 1. The Morgan fingerprint density at radius 2 is 2.15 bits per heavy atom. The van der Waals surface area contributed by atoms with E-state index in [0.29, 0.717) is 5.69 Å². The van der Waals surface area contributed by atoms with Crippen LogP contribution < -0.4 is 5.73 Å². The summed E-state index contributed by atoms with van der Waals surface area (Å²) in [6.45, 7) is 0. The molecule has 0 bridgehead atoms. The Morgan fingerprint density at radius 3 is 2.69 bits per heavy atom. The maximum Gasteiger partial charge on any atom is 0.253 e. The van der Waals surface area contributed by atoms with Crippen LogP contribution in [0.25, 0.3) is 0 Å². The van der Waals surface area contributed by atoms with E-state index in [4.69, 9.17) is 17.3 Å². The first-order valence-corrected chi connectivity index (χ1v) is 3.97. The second-order valence-corrected chi connectivity index (χ2v) is 2.92. The Morgan fingerprint density at radius 1 is 1.46 bits per heavy atom. The summed E-state index contributed by atoms with van der Waals surface area (Å²) in [4.78, 5) is 7.49. The van der Waals surface area contributed by atoms with Gasteiger partial charge in [0.2, 0.25) is 0 Å².